The Labute approximate surface area is 187 Å². The van der Waals surface area contributed by atoms with E-state index in [0.29, 0.717) is 30.3 Å². The van der Waals surface area contributed by atoms with E-state index in [4.69, 9.17) is 4.74 Å². The van der Waals surface area contributed by atoms with Crippen LogP contribution in [0.1, 0.15) is 109 Å². The third-order valence-corrected chi connectivity index (χ3v) is 6.47. The Morgan fingerprint density at radius 1 is 0.903 bits per heavy atom. The average molecular weight is 435 g/mol. The predicted octanol–water partition coefficient (Wildman–Crippen LogP) is 6.54. The van der Waals surface area contributed by atoms with Crippen LogP contribution >= 0.6 is 0 Å². The molecule has 1 saturated carbocycles. The van der Waals surface area contributed by atoms with Crippen LogP contribution in [-0.2, 0) is 22.4 Å². The average Bonchev–Trinajstić information content (AvgIpc) is 3.46. The third-order valence-electron chi connectivity index (χ3n) is 6.47. The molecule has 5 heteroatoms. The zero-order valence-electron chi connectivity index (χ0n) is 19.7. The van der Waals surface area contributed by atoms with Crippen LogP contribution in [0.15, 0.2) is 6.07 Å². The van der Waals surface area contributed by atoms with Gasteiger partial charge in [0, 0.05) is 5.56 Å². The maximum Gasteiger partial charge on any atom is 0.293 e. The summed E-state index contributed by atoms with van der Waals surface area (Å²) in [5.41, 5.74) is 1.37. The molecule has 31 heavy (non-hydrogen) atoms. The lowest BCUT2D eigenvalue weighted by molar-refractivity contribution is -0.135. The highest BCUT2D eigenvalue weighted by Crippen LogP contribution is 2.43. The zero-order chi connectivity index (χ0) is 22.9. The van der Waals surface area contributed by atoms with Gasteiger partial charge in [-0.25, -0.2) is 0 Å². The van der Waals surface area contributed by atoms with Crippen molar-refractivity contribution in [1.29, 1.82) is 0 Å². The molecule has 0 bridgehead atoms. The molecule has 0 radical (unpaired) electrons. The SMILES string of the molecule is CC(C)(C)CCCCCCc1cc(O)c(O)c(CCCCCCC2(OC=O)CC2)c1O. The number of hydrogen-bond acceptors (Lipinski definition) is 5. The summed E-state index contributed by atoms with van der Waals surface area (Å²) in [5.74, 6) is -0.193. The molecule has 5 nitrogen and oxygen atoms in total. The largest absolute Gasteiger partial charge is 0.507 e. The number of hydrogen-bond donors (Lipinski definition) is 3. The van der Waals surface area contributed by atoms with E-state index in [1.165, 1.54) is 25.3 Å². The van der Waals surface area contributed by atoms with Gasteiger partial charge in [-0.3, -0.25) is 4.79 Å². The van der Waals surface area contributed by atoms with Gasteiger partial charge in [-0.15, -0.1) is 0 Å². The molecule has 0 amide bonds. The van der Waals surface area contributed by atoms with Crippen molar-refractivity contribution in [1.82, 2.24) is 0 Å². The van der Waals surface area contributed by atoms with Crippen LogP contribution in [0.2, 0.25) is 0 Å². The van der Waals surface area contributed by atoms with Crippen molar-refractivity contribution in [2.75, 3.05) is 0 Å². The molecule has 3 N–H and O–H groups in total. The van der Waals surface area contributed by atoms with Crippen LogP contribution in [0.4, 0.5) is 0 Å². The molecule has 1 aromatic rings. The molecule has 0 aliphatic heterocycles. The molecule has 1 aliphatic carbocycles. The summed E-state index contributed by atoms with van der Waals surface area (Å²) in [5, 5.41) is 31.0. The van der Waals surface area contributed by atoms with Crippen molar-refractivity contribution >= 4 is 6.47 Å². The number of carbonyl (C=O) groups is 1. The fraction of sp³-hybridized carbons (Fsp3) is 0.731. The summed E-state index contributed by atoms with van der Waals surface area (Å²) in [4.78, 5) is 10.5. The van der Waals surface area contributed by atoms with Crippen molar-refractivity contribution in [3.05, 3.63) is 17.2 Å². The van der Waals surface area contributed by atoms with Crippen LogP contribution in [0.3, 0.4) is 0 Å². The molecule has 0 unspecified atom stereocenters. The first kappa shape index (κ1) is 25.4. The molecule has 1 aromatic carbocycles. The van der Waals surface area contributed by atoms with E-state index in [0.717, 1.165) is 63.4 Å². The summed E-state index contributed by atoms with van der Waals surface area (Å²) in [6.07, 6.45) is 13.6. The Hall–Kier alpha value is -1.91. The maximum atomic E-state index is 10.7. The second kappa shape index (κ2) is 11.6. The highest BCUT2D eigenvalue weighted by Gasteiger charge is 2.44. The number of unbranched alkanes of at least 4 members (excludes halogenated alkanes) is 6. The van der Waals surface area contributed by atoms with Gasteiger partial charge in [0.2, 0.25) is 0 Å². The molecular formula is C26H42O5. The summed E-state index contributed by atoms with van der Waals surface area (Å²) in [7, 11) is 0. The lowest BCUT2D eigenvalue weighted by Crippen LogP contribution is -2.12. The number of ether oxygens (including phenoxy) is 1. The first-order valence-electron chi connectivity index (χ1n) is 12.0. The van der Waals surface area contributed by atoms with Crippen LogP contribution in [-0.4, -0.2) is 27.4 Å². The summed E-state index contributed by atoms with van der Waals surface area (Å²) < 4.78 is 5.17. The van der Waals surface area contributed by atoms with Gasteiger partial charge in [-0.05, 0) is 74.8 Å². The number of phenolic OH excluding ortho intramolecular Hbond substituents is 3. The van der Waals surface area contributed by atoms with Crippen LogP contribution in [0.25, 0.3) is 0 Å². The molecule has 0 aromatic heterocycles. The molecule has 2 rings (SSSR count). The molecular weight excluding hydrogens is 392 g/mol. The van der Waals surface area contributed by atoms with E-state index in [-0.39, 0.29) is 22.8 Å². The first-order valence-corrected chi connectivity index (χ1v) is 12.0. The maximum absolute atomic E-state index is 10.7. The first-order chi connectivity index (χ1) is 14.7. The Bertz CT molecular complexity index is 701. The number of rotatable bonds is 15. The summed E-state index contributed by atoms with van der Waals surface area (Å²) >= 11 is 0. The fourth-order valence-corrected chi connectivity index (χ4v) is 4.28. The third kappa shape index (κ3) is 8.62. The van der Waals surface area contributed by atoms with E-state index in [1.807, 2.05) is 0 Å². The molecule has 1 fully saturated rings. The lowest BCUT2D eigenvalue weighted by atomic mass is 9.89. The van der Waals surface area contributed by atoms with E-state index in [9.17, 15) is 20.1 Å². The van der Waals surface area contributed by atoms with Gasteiger partial charge in [0.05, 0.1) is 0 Å². The van der Waals surface area contributed by atoms with Crippen molar-refractivity contribution in [3.8, 4) is 17.2 Å². The lowest BCUT2D eigenvalue weighted by Gasteiger charge is -2.17. The van der Waals surface area contributed by atoms with Crippen LogP contribution in [0.5, 0.6) is 17.2 Å². The van der Waals surface area contributed by atoms with E-state index >= 15 is 0 Å². The topological polar surface area (TPSA) is 87.0 Å². The Kier molecular flexibility index (Phi) is 9.52. The quantitative estimate of drug-likeness (QED) is 0.126. The smallest absolute Gasteiger partial charge is 0.293 e. The molecule has 0 atom stereocenters. The van der Waals surface area contributed by atoms with E-state index in [1.54, 1.807) is 0 Å². The van der Waals surface area contributed by atoms with Crippen molar-refractivity contribution in [3.63, 3.8) is 0 Å². The minimum absolute atomic E-state index is 0.140. The highest BCUT2D eigenvalue weighted by molar-refractivity contribution is 5.56. The number of aromatic hydroxyl groups is 3. The van der Waals surface area contributed by atoms with Gasteiger partial charge in [0.1, 0.15) is 11.4 Å². The van der Waals surface area contributed by atoms with Crippen molar-refractivity contribution < 1.29 is 24.9 Å². The molecule has 176 valence electrons. The van der Waals surface area contributed by atoms with Gasteiger partial charge in [-0.1, -0.05) is 52.9 Å². The number of phenols is 3. The van der Waals surface area contributed by atoms with Crippen molar-refractivity contribution in [2.45, 2.75) is 116 Å². The monoisotopic (exact) mass is 434 g/mol. The fourth-order valence-electron chi connectivity index (χ4n) is 4.28. The molecule has 0 saturated heterocycles. The van der Waals surface area contributed by atoms with Gasteiger partial charge in [0.25, 0.3) is 6.47 Å². The minimum Gasteiger partial charge on any atom is -0.507 e. The van der Waals surface area contributed by atoms with Crippen molar-refractivity contribution in [2.24, 2.45) is 5.41 Å². The second-order valence-electron chi connectivity index (χ2n) is 10.5. The summed E-state index contributed by atoms with van der Waals surface area (Å²) in [6, 6.07) is 1.51. The molecule has 0 heterocycles. The van der Waals surface area contributed by atoms with Gasteiger partial charge in [0.15, 0.2) is 11.5 Å². The van der Waals surface area contributed by atoms with E-state index in [2.05, 4.69) is 20.8 Å². The number of carbonyl (C=O) groups excluding carboxylic acids is 1. The van der Waals surface area contributed by atoms with Gasteiger partial charge < -0.3 is 20.1 Å². The standard InChI is InChI=1S/C26H42O5/c1-25(2,3)14-10-6-4-8-12-20-18-22(28)24(30)21(23(20)29)13-9-5-7-11-15-26(16-17-26)31-19-27/h18-19,28-30H,4-17H2,1-3H3. The van der Waals surface area contributed by atoms with Gasteiger partial charge >= 0.3 is 0 Å². The molecule has 0 spiro atoms. The summed E-state index contributed by atoms with van der Waals surface area (Å²) in [6.45, 7) is 7.34. The predicted molar refractivity (Wildman–Crippen MR) is 124 cm³/mol. The minimum atomic E-state index is -0.192. The van der Waals surface area contributed by atoms with Gasteiger partial charge in [-0.2, -0.15) is 0 Å². The Morgan fingerprint density at radius 3 is 2.13 bits per heavy atom. The normalized spacial score (nSPS) is 15.1. The number of benzene rings is 1. The highest BCUT2D eigenvalue weighted by atomic mass is 16.5. The van der Waals surface area contributed by atoms with E-state index < -0.39 is 0 Å². The number of aryl methyl sites for hydroxylation is 1. The van der Waals surface area contributed by atoms with Crippen LogP contribution in [0, 0.1) is 5.41 Å². The second-order valence-corrected chi connectivity index (χ2v) is 10.5. The van der Waals surface area contributed by atoms with Crippen LogP contribution < -0.4 is 0 Å². The Morgan fingerprint density at radius 2 is 1.52 bits per heavy atom. The Balaban J connectivity index is 1.74. The molecule has 1 aliphatic rings. The zero-order valence-corrected chi connectivity index (χ0v) is 19.7.